The zero-order chi connectivity index (χ0) is 14.8. The molecule has 2 unspecified atom stereocenters. The first-order valence-corrected chi connectivity index (χ1v) is 8.66. The summed E-state index contributed by atoms with van der Waals surface area (Å²) in [5.41, 5.74) is 0. The average Bonchev–Trinajstić information content (AvgIpc) is 2.68. The van der Waals surface area contributed by atoms with Crippen molar-refractivity contribution in [3.05, 3.63) is 0 Å². The fourth-order valence-corrected chi connectivity index (χ4v) is 4.50. The van der Waals surface area contributed by atoms with Gasteiger partial charge in [0.25, 0.3) is 0 Å². The van der Waals surface area contributed by atoms with Crippen LogP contribution in [0.2, 0.25) is 0 Å². The maximum atomic E-state index is 11.9. The molecule has 0 aromatic rings. The summed E-state index contributed by atoms with van der Waals surface area (Å²) in [5.74, 6) is -1.10. The summed E-state index contributed by atoms with van der Waals surface area (Å²) >= 11 is 0. The summed E-state index contributed by atoms with van der Waals surface area (Å²) in [5, 5.41) is 11.8. The number of carboxylic acids is 1. The van der Waals surface area contributed by atoms with Gasteiger partial charge in [0.1, 0.15) is 6.04 Å². The van der Waals surface area contributed by atoms with Crippen LogP contribution >= 0.6 is 0 Å². The lowest BCUT2D eigenvalue weighted by atomic mass is 10.0. The SMILES string of the molecule is O=C(CN1CCCCC1C(=O)O)NC1CCS(=O)(=O)C1. The van der Waals surface area contributed by atoms with E-state index in [0.717, 1.165) is 12.8 Å². The third-order valence-corrected chi connectivity index (χ3v) is 5.61. The standard InChI is InChI=1S/C12H20N2O5S/c15-11(13-9-4-6-20(18,19)8-9)7-14-5-2-1-3-10(14)12(16)17/h9-10H,1-8H2,(H,13,15)(H,16,17). The first kappa shape index (κ1) is 15.2. The highest BCUT2D eigenvalue weighted by Gasteiger charge is 2.32. The topological polar surface area (TPSA) is 104 Å². The summed E-state index contributed by atoms with van der Waals surface area (Å²) in [6.07, 6.45) is 2.74. The molecule has 8 heteroatoms. The molecule has 1 amide bonds. The molecule has 0 aromatic heterocycles. The van der Waals surface area contributed by atoms with E-state index >= 15 is 0 Å². The van der Waals surface area contributed by atoms with Crippen LogP contribution in [0.15, 0.2) is 0 Å². The van der Waals surface area contributed by atoms with Crippen LogP contribution in [0.1, 0.15) is 25.7 Å². The smallest absolute Gasteiger partial charge is 0.320 e. The van der Waals surface area contributed by atoms with Crippen molar-refractivity contribution in [2.45, 2.75) is 37.8 Å². The average molecular weight is 304 g/mol. The van der Waals surface area contributed by atoms with Crippen molar-refractivity contribution in [1.29, 1.82) is 0 Å². The van der Waals surface area contributed by atoms with Gasteiger partial charge in [-0.05, 0) is 25.8 Å². The Bertz CT molecular complexity index is 490. The number of carboxylic acid groups (broad SMARTS) is 1. The minimum absolute atomic E-state index is 0.0128. The van der Waals surface area contributed by atoms with Gasteiger partial charge in [-0.1, -0.05) is 6.42 Å². The molecule has 2 saturated heterocycles. The molecule has 2 N–H and O–H groups in total. The molecule has 2 rings (SSSR count). The van der Waals surface area contributed by atoms with Gasteiger partial charge in [0.05, 0.1) is 18.1 Å². The Morgan fingerprint density at radius 1 is 1.25 bits per heavy atom. The summed E-state index contributed by atoms with van der Waals surface area (Å²) in [6.45, 7) is 0.612. The minimum Gasteiger partial charge on any atom is -0.480 e. The van der Waals surface area contributed by atoms with Gasteiger partial charge >= 0.3 is 5.97 Å². The highest BCUT2D eigenvalue weighted by molar-refractivity contribution is 7.91. The Morgan fingerprint density at radius 2 is 2.00 bits per heavy atom. The predicted molar refractivity (Wildman–Crippen MR) is 72.0 cm³/mol. The second-order valence-electron chi connectivity index (χ2n) is 5.49. The van der Waals surface area contributed by atoms with E-state index in [4.69, 9.17) is 5.11 Å². The van der Waals surface area contributed by atoms with Crippen LogP contribution in [-0.4, -0.2) is 67.0 Å². The number of rotatable bonds is 4. The van der Waals surface area contributed by atoms with E-state index in [1.165, 1.54) is 0 Å². The predicted octanol–water partition coefficient (Wildman–Crippen LogP) is -0.771. The van der Waals surface area contributed by atoms with Crippen molar-refractivity contribution in [3.63, 3.8) is 0 Å². The highest BCUT2D eigenvalue weighted by Crippen LogP contribution is 2.17. The molecule has 0 radical (unpaired) electrons. The van der Waals surface area contributed by atoms with E-state index < -0.39 is 21.8 Å². The molecule has 114 valence electrons. The van der Waals surface area contributed by atoms with E-state index in [9.17, 15) is 18.0 Å². The number of aliphatic carboxylic acids is 1. The van der Waals surface area contributed by atoms with Crippen molar-refractivity contribution in [1.82, 2.24) is 10.2 Å². The fourth-order valence-electron chi connectivity index (χ4n) is 2.83. The minimum atomic E-state index is -3.02. The molecule has 0 aliphatic carbocycles. The second kappa shape index (κ2) is 6.09. The number of hydrogen-bond acceptors (Lipinski definition) is 5. The molecule has 20 heavy (non-hydrogen) atoms. The van der Waals surface area contributed by atoms with Crippen LogP contribution in [0.25, 0.3) is 0 Å². The summed E-state index contributed by atoms with van der Waals surface area (Å²) in [4.78, 5) is 24.7. The van der Waals surface area contributed by atoms with Gasteiger partial charge in [0, 0.05) is 6.04 Å². The second-order valence-corrected chi connectivity index (χ2v) is 7.72. The summed E-state index contributed by atoms with van der Waals surface area (Å²) in [6, 6.07) is -0.942. The number of carbonyl (C=O) groups is 2. The largest absolute Gasteiger partial charge is 0.480 e. The van der Waals surface area contributed by atoms with Crippen LogP contribution in [0.5, 0.6) is 0 Å². The van der Waals surface area contributed by atoms with Crippen molar-refractivity contribution >= 4 is 21.7 Å². The Kier molecular flexibility index (Phi) is 4.64. The quantitative estimate of drug-likeness (QED) is 0.707. The van der Waals surface area contributed by atoms with Crippen LogP contribution in [-0.2, 0) is 19.4 Å². The molecule has 0 saturated carbocycles. The maximum absolute atomic E-state index is 11.9. The van der Waals surface area contributed by atoms with Gasteiger partial charge in [0.2, 0.25) is 5.91 Å². The molecule has 0 bridgehead atoms. The zero-order valence-corrected chi connectivity index (χ0v) is 12.1. The molecule has 7 nitrogen and oxygen atoms in total. The Labute approximate surface area is 118 Å². The van der Waals surface area contributed by atoms with E-state index in [0.29, 0.717) is 19.4 Å². The number of amides is 1. The van der Waals surface area contributed by atoms with E-state index in [1.54, 1.807) is 4.90 Å². The molecule has 0 aromatic carbocycles. The number of likely N-dealkylation sites (tertiary alicyclic amines) is 1. The van der Waals surface area contributed by atoms with Gasteiger partial charge < -0.3 is 10.4 Å². The Balaban J connectivity index is 1.86. The third kappa shape index (κ3) is 3.92. The maximum Gasteiger partial charge on any atom is 0.320 e. The molecular weight excluding hydrogens is 284 g/mol. The van der Waals surface area contributed by atoms with Gasteiger partial charge in [0.15, 0.2) is 9.84 Å². The van der Waals surface area contributed by atoms with Crippen molar-refractivity contribution in [2.24, 2.45) is 0 Å². The fraction of sp³-hybridized carbons (Fsp3) is 0.833. The van der Waals surface area contributed by atoms with Crippen LogP contribution in [0, 0.1) is 0 Å². The molecule has 2 aliphatic heterocycles. The summed E-state index contributed by atoms with van der Waals surface area (Å²) in [7, 11) is -3.02. The lowest BCUT2D eigenvalue weighted by Gasteiger charge is -2.32. The van der Waals surface area contributed by atoms with Gasteiger partial charge in [-0.3, -0.25) is 14.5 Å². The van der Waals surface area contributed by atoms with E-state index in [2.05, 4.69) is 5.32 Å². The first-order chi connectivity index (χ1) is 9.37. The number of sulfone groups is 1. The lowest BCUT2D eigenvalue weighted by Crippen LogP contribution is -2.50. The number of hydrogen-bond donors (Lipinski definition) is 2. The number of nitrogens with zero attached hydrogens (tertiary/aromatic N) is 1. The molecule has 2 aliphatic rings. The monoisotopic (exact) mass is 304 g/mol. The van der Waals surface area contributed by atoms with E-state index in [-0.39, 0.29) is 30.0 Å². The van der Waals surface area contributed by atoms with Crippen molar-refractivity contribution < 1.29 is 23.1 Å². The third-order valence-electron chi connectivity index (χ3n) is 3.84. The Morgan fingerprint density at radius 3 is 2.60 bits per heavy atom. The van der Waals surface area contributed by atoms with Crippen LogP contribution in [0.3, 0.4) is 0 Å². The Hall–Kier alpha value is -1.15. The number of nitrogens with one attached hydrogen (secondary N) is 1. The van der Waals surface area contributed by atoms with Crippen molar-refractivity contribution in [3.8, 4) is 0 Å². The summed E-state index contributed by atoms with van der Waals surface area (Å²) < 4.78 is 22.6. The molecule has 0 spiro atoms. The molecule has 2 fully saturated rings. The lowest BCUT2D eigenvalue weighted by molar-refractivity contribution is -0.145. The van der Waals surface area contributed by atoms with Crippen LogP contribution in [0.4, 0.5) is 0 Å². The van der Waals surface area contributed by atoms with Gasteiger partial charge in [-0.15, -0.1) is 0 Å². The molecule has 2 atom stereocenters. The first-order valence-electron chi connectivity index (χ1n) is 6.84. The normalized spacial score (nSPS) is 30.0. The van der Waals surface area contributed by atoms with Gasteiger partial charge in [-0.2, -0.15) is 0 Å². The van der Waals surface area contributed by atoms with E-state index in [1.807, 2.05) is 0 Å². The zero-order valence-electron chi connectivity index (χ0n) is 11.2. The van der Waals surface area contributed by atoms with Crippen LogP contribution < -0.4 is 5.32 Å². The molecular formula is C12H20N2O5S. The number of carbonyl (C=O) groups excluding carboxylic acids is 1. The molecule has 2 heterocycles. The van der Waals surface area contributed by atoms with Gasteiger partial charge in [-0.25, -0.2) is 8.42 Å². The van der Waals surface area contributed by atoms with Crippen molar-refractivity contribution in [2.75, 3.05) is 24.6 Å². The highest BCUT2D eigenvalue weighted by atomic mass is 32.2. The number of piperidine rings is 1.